The van der Waals surface area contributed by atoms with Crippen LogP contribution in [-0.2, 0) is 0 Å². The third kappa shape index (κ3) is 2.82. The van der Waals surface area contributed by atoms with Gasteiger partial charge in [-0.25, -0.2) is 0 Å². The first kappa shape index (κ1) is 14.2. The van der Waals surface area contributed by atoms with E-state index in [4.69, 9.17) is 23.2 Å². The lowest BCUT2D eigenvalue weighted by Crippen LogP contribution is -2.29. The third-order valence-corrected chi connectivity index (χ3v) is 5.48. The van der Waals surface area contributed by atoms with Gasteiger partial charge >= 0.3 is 0 Å². The Balaban J connectivity index is 1.67. The van der Waals surface area contributed by atoms with Crippen LogP contribution in [0.4, 0.5) is 0 Å². The second-order valence-corrected chi connectivity index (χ2v) is 6.79. The van der Waals surface area contributed by atoms with Crippen LogP contribution in [0.2, 0.25) is 10.0 Å². The van der Waals surface area contributed by atoms with Gasteiger partial charge < -0.3 is 4.90 Å². The van der Waals surface area contributed by atoms with Gasteiger partial charge in [-0.05, 0) is 36.5 Å². The molecule has 1 aromatic rings. The molecule has 2 aliphatic rings. The average molecular weight is 312 g/mol. The number of hydrogen-bond donors (Lipinski definition) is 0. The molecule has 0 N–H and O–H groups in total. The Morgan fingerprint density at radius 2 is 1.80 bits per heavy atom. The van der Waals surface area contributed by atoms with Gasteiger partial charge in [-0.1, -0.05) is 48.9 Å². The molecule has 108 valence electrons. The second kappa shape index (κ2) is 5.95. The molecule has 2 fully saturated rings. The zero-order valence-corrected chi connectivity index (χ0v) is 13.0. The average Bonchev–Trinajstić information content (AvgIpc) is 3.11. The molecule has 1 unspecified atom stereocenters. The number of carbonyl (C=O) groups is 1. The van der Waals surface area contributed by atoms with Crippen LogP contribution >= 0.6 is 23.2 Å². The molecular formula is C16H19Cl2NO. The maximum atomic E-state index is 12.5. The summed E-state index contributed by atoms with van der Waals surface area (Å²) in [5.41, 5.74) is 0.645. The van der Waals surface area contributed by atoms with Crippen LogP contribution in [0.3, 0.4) is 0 Å². The zero-order chi connectivity index (χ0) is 14.1. The number of amides is 1. The molecule has 20 heavy (non-hydrogen) atoms. The van der Waals surface area contributed by atoms with Gasteiger partial charge in [-0.15, -0.1) is 0 Å². The lowest BCUT2D eigenvalue weighted by Gasteiger charge is -2.20. The summed E-state index contributed by atoms with van der Waals surface area (Å²) in [5.74, 6) is 1.62. The van der Waals surface area contributed by atoms with E-state index in [0.717, 1.165) is 25.4 Å². The van der Waals surface area contributed by atoms with Gasteiger partial charge in [0.2, 0.25) is 0 Å². The Hall–Kier alpha value is -0.730. The van der Waals surface area contributed by atoms with Crippen LogP contribution in [0, 0.1) is 11.8 Å². The van der Waals surface area contributed by atoms with Crippen LogP contribution in [0.1, 0.15) is 42.5 Å². The molecule has 0 spiro atoms. The summed E-state index contributed by atoms with van der Waals surface area (Å²) in [6, 6.07) is 5.14. The molecule has 1 heterocycles. The van der Waals surface area contributed by atoms with E-state index in [1.54, 1.807) is 18.2 Å². The minimum absolute atomic E-state index is 0.0871. The molecule has 1 aliphatic carbocycles. The van der Waals surface area contributed by atoms with Crippen LogP contribution in [0.25, 0.3) is 0 Å². The number of likely N-dealkylation sites (tertiary alicyclic amines) is 1. The minimum atomic E-state index is 0.0871. The van der Waals surface area contributed by atoms with E-state index in [9.17, 15) is 4.79 Å². The molecule has 1 saturated carbocycles. The van der Waals surface area contributed by atoms with Gasteiger partial charge in [0.05, 0.1) is 10.0 Å². The third-order valence-electron chi connectivity index (χ3n) is 4.74. The molecular weight excluding hydrogens is 293 g/mol. The molecule has 3 rings (SSSR count). The van der Waals surface area contributed by atoms with E-state index in [2.05, 4.69) is 0 Å². The first-order valence-electron chi connectivity index (χ1n) is 7.39. The minimum Gasteiger partial charge on any atom is -0.338 e. The summed E-state index contributed by atoms with van der Waals surface area (Å²) in [5, 5.41) is 0.942. The Bertz CT molecular complexity index is 511. The highest BCUT2D eigenvalue weighted by Crippen LogP contribution is 2.36. The lowest BCUT2D eigenvalue weighted by molar-refractivity contribution is 0.0782. The van der Waals surface area contributed by atoms with Gasteiger partial charge in [0.1, 0.15) is 0 Å². The Morgan fingerprint density at radius 1 is 1.05 bits per heavy atom. The smallest absolute Gasteiger partial charge is 0.253 e. The van der Waals surface area contributed by atoms with Crippen molar-refractivity contribution in [3.63, 3.8) is 0 Å². The van der Waals surface area contributed by atoms with Gasteiger partial charge in [-0.3, -0.25) is 4.79 Å². The molecule has 4 heteroatoms. The molecule has 1 aromatic carbocycles. The highest BCUT2D eigenvalue weighted by Gasteiger charge is 2.33. The van der Waals surface area contributed by atoms with Crippen LogP contribution in [-0.4, -0.2) is 23.9 Å². The fourth-order valence-corrected chi connectivity index (χ4v) is 3.90. The topological polar surface area (TPSA) is 20.3 Å². The number of nitrogens with zero attached hydrogens (tertiary/aromatic N) is 1. The Labute approximate surface area is 130 Å². The monoisotopic (exact) mass is 311 g/mol. The summed E-state index contributed by atoms with van der Waals surface area (Å²) in [4.78, 5) is 14.5. The van der Waals surface area contributed by atoms with Crippen LogP contribution in [0.15, 0.2) is 18.2 Å². The van der Waals surface area contributed by atoms with E-state index in [0.29, 0.717) is 21.5 Å². The maximum Gasteiger partial charge on any atom is 0.253 e. The summed E-state index contributed by atoms with van der Waals surface area (Å²) in [7, 11) is 0. The van der Waals surface area contributed by atoms with E-state index in [-0.39, 0.29) is 5.91 Å². The van der Waals surface area contributed by atoms with Gasteiger partial charge in [0, 0.05) is 18.7 Å². The van der Waals surface area contributed by atoms with Crippen molar-refractivity contribution in [3.8, 4) is 0 Å². The van der Waals surface area contributed by atoms with Crippen molar-refractivity contribution in [2.75, 3.05) is 13.1 Å². The summed E-state index contributed by atoms with van der Waals surface area (Å²) < 4.78 is 0. The first-order chi connectivity index (χ1) is 9.65. The zero-order valence-electron chi connectivity index (χ0n) is 11.4. The van der Waals surface area contributed by atoms with E-state index >= 15 is 0 Å². The van der Waals surface area contributed by atoms with Gasteiger partial charge in [0.25, 0.3) is 5.91 Å². The number of halogens is 2. The molecule has 1 atom stereocenters. The van der Waals surface area contributed by atoms with E-state index in [1.807, 2.05) is 4.90 Å². The highest BCUT2D eigenvalue weighted by atomic mass is 35.5. The van der Waals surface area contributed by atoms with Crippen molar-refractivity contribution < 1.29 is 4.79 Å². The molecule has 0 aromatic heterocycles. The number of carbonyl (C=O) groups excluding carboxylic acids is 1. The highest BCUT2D eigenvalue weighted by molar-refractivity contribution is 6.42. The van der Waals surface area contributed by atoms with E-state index in [1.165, 1.54) is 25.7 Å². The SMILES string of the molecule is O=C(c1ccc(Cl)c(Cl)c1)N1CCC(C2CCCC2)C1. The van der Waals surface area contributed by atoms with Gasteiger partial charge in [-0.2, -0.15) is 0 Å². The Morgan fingerprint density at radius 3 is 2.50 bits per heavy atom. The van der Waals surface area contributed by atoms with Crippen molar-refractivity contribution in [3.05, 3.63) is 33.8 Å². The standard InChI is InChI=1S/C16H19Cl2NO/c17-14-6-5-12(9-15(14)18)16(20)19-8-7-13(10-19)11-3-1-2-4-11/h5-6,9,11,13H,1-4,7-8,10H2. The molecule has 0 radical (unpaired) electrons. The van der Waals surface area contributed by atoms with Crippen molar-refractivity contribution in [2.24, 2.45) is 11.8 Å². The number of rotatable bonds is 2. The van der Waals surface area contributed by atoms with Gasteiger partial charge in [0.15, 0.2) is 0 Å². The first-order valence-corrected chi connectivity index (χ1v) is 8.15. The molecule has 0 bridgehead atoms. The number of benzene rings is 1. The fraction of sp³-hybridized carbons (Fsp3) is 0.562. The van der Waals surface area contributed by atoms with Crippen molar-refractivity contribution in [1.29, 1.82) is 0 Å². The lowest BCUT2D eigenvalue weighted by atomic mass is 9.90. The normalized spacial score (nSPS) is 23.5. The number of hydrogen-bond acceptors (Lipinski definition) is 1. The fourth-order valence-electron chi connectivity index (χ4n) is 3.60. The summed E-state index contributed by atoms with van der Waals surface area (Å²) in [6.45, 7) is 1.78. The summed E-state index contributed by atoms with van der Waals surface area (Å²) >= 11 is 11.9. The summed E-state index contributed by atoms with van der Waals surface area (Å²) in [6.07, 6.45) is 6.57. The van der Waals surface area contributed by atoms with Crippen molar-refractivity contribution in [1.82, 2.24) is 4.90 Å². The largest absolute Gasteiger partial charge is 0.338 e. The molecule has 1 saturated heterocycles. The van der Waals surface area contributed by atoms with Crippen LogP contribution in [0.5, 0.6) is 0 Å². The van der Waals surface area contributed by atoms with Crippen molar-refractivity contribution in [2.45, 2.75) is 32.1 Å². The second-order valence-electron chi connectivity index (χ2n) is 5.97. The van der Waals surface area contributed by atoms with Crippen molar-refractivity contribution >= 4 is 29.1 Å². The molecule has 2 nitrogen and oxygen atoms in total. The maximum absolute atomic E-state index is 12.5. The van der Waals surface area contributed by atoms with Crippen LogP contribution < -0.4 is 0 Å². The molecule has 1 amide bonds. The Kier molecular flexibility index (Phi) is 4.23. The predicted molar refractivity (Wildman–Crippen MR) is 82.4 cm³/mol. The predicted octanol–water partition coefficient (Wildman–Crippen LogP) is 4.65. The molecule has 1 aliphatic heterocycles. The van der Waals surface area contributed by atoms with E-state index < -0.39 is 0 Å². The quantitative estimate of drug-likeness (QED) is 0.778.